The maximum Gasteiger partial charge on any atom is 0.416 e. The first-order valence-corrected chi connectivity index (χ1v) is 6.62. The van der Waals surface area contributed by atoms with Gasteiger partial charge in [-0.3, -0.25) is 4.90 Å². The number of halogens is 3. The number of nitrogens with zero attached hydrogens (tertiary/aromatic N) is 1. The molecule has 0 saturated carbocycles. The summed E-state index contributed by atoms with van der Waals surface area (Å²) in [6.07, 6.45) is -4.46. The minimum atomic E-state index is -4.46. The van der Waals surface area contributed by atoms with Crippen molar-refractivity contribution in [2.75, 3.05) is 0 Å². The summed E-state index contributed by atoms with van der Waals surface area (Å²) in [5.74, 6) is -0.365. The molecular weight excluding hydrogens is 279 g/mol. The van der Waals surface area contributed by atoms with Crippen LogP contribution in [0, 0.1) is 0 Å². The predicted octanol–water partition coefficient (Wildman–Crippen LogP) is 3.93. The number of rotatable bonds is 2. The molecule has 1 heterocycles. The molecule has 0 atom stereocenters. The van der Waals surface area contributed by atoms with Crippen LogP contribution in [0.2, 0.25) is 0 Å². The third-order valence-electron chi connectivity index (χ3n) is 3.70. The van der Waals surface area contributed by atoms with Gasteiger partial charge in [-0.25, -0.2) is 0 Å². The molecule has 0 bridgehead atoms. The van der Waals surface area contributed by atoms with E-state index in [0.717, 1.165) is 17.2 Å². The molecule has 3 rings (SSSR count). The number of phenolic OH excluding ortho intramolecular Hbond substituents is 1. The number of hydrogen-bond donors (Lipinski definition) is 1. The van der Waals surface area contributed by atoms with Crippen LogP contribution in [-0.2, 0) is 25.8 Å². The topological polar surface area (TPSA) is 23.5 Å². The van der Waals surface area contributed by atoms with Crippen LogP contribution in [0.5, 0.6) is 5.75 Å². The van der Waals surface area contributed by atoms with Crippen molar-refractivity contribution in [3.8, 4) is 5.75 Å². The zero-order valence-electron chi connectivity index (χ0n) is 11.2. The molecule has 2 aromatic rings. The van der Waals surface area contributed by atoms with E-state index in [1.165, 1.54) is 12.1 Å². The fourth-order valence-corrected chi connectivity index (χ4v) is 2.72. The maximum atomic E-state index is 13.0. The zero-order valence-corrected chi connectivity index (χ0v) is 11.2. The number of benzene rings is 2. The van der Waals surface area contributed by atoms with Crippen molar-refractivity contribution in [2.45, 2.75) is 25.8 Å². The Hall–Kier alpha value is -2.01. The van der Waals surface area contributed by atoms with Crippen molar-refractivity contribution >= 4 is 0 Å². The summed E-state index contributed by atoms with van der Waals surface area (Å²) in [6, 6.07) is 11.3. The van der Waals surface area contributed by atoms with Gasteiger partial charge in [-0.2, -0.15) is 13.2 Å². The fraction of sp³-hybridized carbons (Fsp3) is 0.250. The lowest BCUT2D eigenvalue weighted by Crippen LogP contribution is -2.19. The van der Waals surface area contributed by atoms with Gasteiger partial charge in [0.25, 0.3) is 0 Å². The van der Waals surface area contributed by atoms with Crippen LogP contribution in [0.15, 0.2) is 42.5 Å². The SMILES string of the molecule is Oc1ccc(CN2Cc3ccccc3C2)c(C(F)(F)F)c1. The summed E-state index contributed by atoms with van der Waals surface area (Å²) in [6.45, 7) is 1.51. The van der Waals surface area contributed by atoms with Gasteiger partial charge in [0.2, 0.25) is 0 Å². The van der Waals surface area contributed by atoms with Gasteiger partial charge in [0.05, 0.1) is 5.56 Å². The minimum Gasteiger partial charge on any atom is -0.508 e. The molecular formula is C16H14F3NO. The summed E-state index contributed by atoms with van der Waals surface area (Å²) < 4.78 is 39.1. The summed E-state index contributed by atoms with van der Waals surface area (Å²) in [5, 5.41) is 9.29. The van der Waals surface area contributed by atoms with E-state index in [1.54, 1.807) is 0 Å². The van der Waals surface area contributed by atoms with Crippen LogP contribution >= 0.6 is 0 Å². The Morgan fingerprint density at radius 1 is 1.00 bits per heavy atom. The Labute approximate surface area is 120 Å². The van der Waals surface area contributed by atoms with E-state index in [9.17, 15) is 18.3 Å². The molecule has 1 aliphatic rings. The average molecular weight is 293 g/mol. The smallest absolute Gasteiger partial charge is 0.416 e. The normalized spacial score (nSPS) is 15.2. The molecule has 110 valence electrons. The van der Waals surface area contributed by atoms with Crippen molar-refractivity contribution in [1.82, 2.24) is 4.90 Å². The fourth-order valence-electron chi connectivity index (χ4n) is 2.72. The van der Waals surface area contributed by atoms with E-state index in [0.29, 0.717) is 13.1 Å². The van der Waals surface area contributed by atoms with Crippen molar-refractivity contribution in [3.05, 3.63) is 64.7 Å². The summed E-state index contributed by atoms with van der Waals surface area (Å²) in [5.41, 5.74) is 1.74. The van der Waals surface area contributed by atoms with Gasteiger partial charge in [-0.1, -0.05) is 30.3 Å². The number of hydrogen-bond acceptors (Lipinski definition) is 2. The van der Waals surface area contributed by atoms with Crippen molar-refractivity contribution in [3.63, 3.8) is 0 Å². The Morgan fingerprint density at radius 3 is 2.19 bits per heavy atom. The van der Waals surface area contributed by atoms with E-state index in [1.807, 2.05) is 29.2 Å². The summed E-state index contributed by atoms with van der Waals surface area (Å²) >= 11 is 0. The lowest BCUT2D eigenvalue weighted by atomic mass is 10.1. The zero-order chi connectivity index (χ0) is 15.0. The highest BCUT2D eigenvalue weighted by Crippen LogP contribution is 2.35. The predicted molar refractivity (Wildman–Crippen MR) is 72.5 cm³/mol. The summed E-state index contributed by atoms with van der Waals surface area (Å²) in [7, 11) is 0. The third-order valence-corrected chi connectivity index (χ3v) is 3.70. The molecule has 21 heavy (non-hydrogen) atoms. The van der Waals surface area contributed by atoms with E-state index >= 15 is 0 Å². The van der Waals surface area contributed by atoms with Crippen LogP contribution < -0.4 is 0 Å². The van der Waals surface area contributed by atoms with Gasteiger partial charge in [0.1, 0.15) is 5.75 Å². The first-order chi connectivity index (χ1) is 9.93. The number of phenols is 1. The molecule has 2 nitrogen and oxygen atoms in total. The van der Waals surface area contributed by atoms with Crippen molar-refractivity contribution < 1.29 is 18.3 Å². The Kier molecular flexibility index (Phi) is 3.37. The lowest BCUT2D eigenvalue weighted by molar-refractivity contribution is -0.138. The van der Waals surface area contributed by atoms with Crippen molar-refractivity contribution in [2.24, 2.45) is 0 Å². The molecule has 0 amide bonds. The molecule has 0 fully saturated rings. The monoisotopic (exact) mass is 293 g/mol. The van der Waals surface area contributed by atoms with E-state index in [4.69, 9.17) is 0 Å². The molecule has 1 N–H and O–H groups in total. The Morgan fingerprint density at radius 2 is 1.62 bits per heavy atom. The number of alkyl halides is 3. The molecule has 0 spiro atoms. The van der Waals surface area contributed by atoms with Crippen LogP contribution in [-0.4, -0.2) is 10.0 Å². The second kappa shape index (κ2) is 5.07. The first kappa shape index (κ1) is 13.9. The molecule has 0 radical (unpaired) electrons. The molecule has 0 aromatic heterocycles. The highest BCUT2D eigenvalue weighted by molar-refractivity contribution is 5.37. The van der Waals surface area contributed by atoms with Gasteiger partial charge >= 0.3 is 6.18 Å². The van der Waals surface area contributed by atoms with Crippen molar-refractivity contribution in [1.29, 1.82) is 0 Å². The van der Waals surface area contributed by atoms with Gasteiger partial charge in [0, 0.05) is 19.6 Å². The average Bonchev–Trinajstić information content (AvgIpc) is 2.82. The lowest BCUT2D eigenvalue weighted by Gasteiger charge is -2.19. The highest BCUT2D eigenvalue weighted by Gasteiger charge is 2.34. The molecule has 0 aliphatic carbocycles. The molecule has 0 saturated heterocycles. The largest absolute Gasteiger partial charge is 0.508 e. The summed E-state index contributed by atoms with van der Waals surface area (Å²) in [4.78, 5) is 1.96. The second-order valence-corrected chi connectivity index (χ2v) is 5.25. The van der Waals surface area contributed by atoms with Crippen LogP contribution in [0.25, 0.3) is 0 Å². The number of aromatic hydroxyl groups is 1. The molecule has 1 aliphatic heterocycles. The highest BCUT2D eigenvalue weighted by atomic mass is 19.4. The standard InChI is InChI=1S/C16H14F3NO/c17-16(18,19)15-7-14(21)6-5-13(15)10-20-8-11-3-1-2-4-12(11)9-20/h1-7,21H,8-10H2. The van der Waals surface area contributed by atoms with E-state index < -0.39 is 11.7 Å². The molecule has 5 heteroatoms. The van der Waals surface area contributed by atoms with Crippen LogP contribution in [0.4, 0.5) is 13.2 Å². The quantitative estimate of drug-likeness (QED) is 0.907. The Balaban J connectivity index is 1.84. The van der Waals surface area contributed by atoms with Gasteiger partial charge in [-0.05, 0) is 28.8 Å². The first-order valence-electron chi connectivity index (χ1n) is 6.62. The molecule has 2 aromatic carbocycles. The Bertz CT molecular complexity index is 642. The van der Waals surface area contributed by atoms with Gasteiger partial charge in [-0.15, -0.1) is 0 Å². The van der Waals surface area contributed by atoms with E-state index in [2.05, 4.69) is 0 Å². The minimum absolute atomic E-state index is 0.188. The van der Waals surface area contributed by atoms with Crippen LogP contribution in [0.1, 0.15) is 22.3 Å². The van der Waals surface area contributed by atoms with E-state index in [-0.39, 0.29) is 17.9 Å². The second-order valence-electron chi connectivity index (χ2n) is 5.25. The number of fused-ring (bicyclic) bond motifs is 1. The van der Waals surface area contributed by atoms with Crippen LogP contribution in [0.3, 0.4) is 0 Å². The van der Waals surface area contributed by atoms with Gasteiger partial charge in [0.15, 0.2) is 0 Å². The third kappa shape index (κ3) is 2.88. The molecule has 0 unspecified atom stereocenters. The van der Waals surface area contributed by atoms with Gasteiger partial charge < -0.3 is 5.11 Å². The maximum absolute atomic E-state index is 13.0.